The van der Waals surface area contributed by atoms with Crippen LogP contribution in [0.4, 0.5) is 5.69 Å². The molecule has 1 amide bonds. The van der Waals surface area contributed by atoms with Crippen LogP contribution in [0.5, 0.6) is 0 Å². The van der Waals surface area contributed by atoms with Crippen LogP contribution in [0, 0.1) is 0 Å². The second-order valence-electron chi connectivity index (χ2n) is 4.95. The molecule has 120 valence electrons. The molecule has 0 aromatic heterocycles. The van der Waals surface area contributed by atoms with Crippen LogP contribution in [0.15, 0.2) is 24.3 Å². The number of carbonyl (C=O) groups is 1. The van der Waals surface area contributed by atoms with Crippen LogP contribution < -0.4 is 11.1 Å². The normalized spacial score (nSPS) is 11.9. The molecule has 3 N–H and O–H groups in total. The fourth-order valence-electron chi connectivity index (χ4n) is 1.53. The van der Waals surface area contributed by atoms with Gasteiger partial charge in [-0.2, -0.15) is 0 Å². The molecule has 1 aromatic carbocycles. The molecule has 0 aliphatic heterocycles. The van der Waals surface area contributed by atoms with E-state index >= 15 is 0 Å². The summed E-state index contributed by atoms with van der Waals surface area (Å²) in [6, 6.07) is 7.00. The van der Waals surface area contributed by atoms with Crippen molar-refractivity contribution in [3.8, 4) is 0 Å². The number of carbonyl (C=O) groups excluding carboxylic acids is 1. The lowest BCUT2D eigenvalue weighted by molar-refractivity contribution is -0.117. The number of hydrogen-bond acceptors (Lipinski definition) is 4. The van der Waals surface area contributed by atoms with Gasteiger partial charge in [0, 0.05) is 5.69 Å². The average Bonchev–Trinajstić information content (AvgIpc) is 2.38. The van der Waals surface area contributed by atoms with E-state index in [2.05, 4.69) is 5.32 Å². The molecule has 0 heterocycles. The van der Waals surface area contributed by atoms with E-state index < -0.39 is 6.04 Å². The smallest absolute Gasteiger partial charge is 0.240 e. The molecule has 0 unspecified atom stereocenters. The van der Waals surface area contributed by atoms with E-state index in [1.54, 1.807) is 6.92 Å². The summed E-state index contributed by atoms with van der Waals surface area (Å²) in [6.07, 6.45) is 0.218. The number of benzene rings is 1. The maximum Gasteiger partial charge on any atom is 0.240 e. The molecule has 0 spiro atoms. The molecule has 1 atom stereocenters. The first kappa shape index (κ1) is 19.9. The third kappa shape index (κ3) is 8.67. The SMILES string of the molecule is CC(C)OCCOCc1cccc(NC(=O)[C@H](C)N)c1.Cl. The Hall–Kier alpha value is -1.14. The lowest BCUT2D eigenvalue weighted by Gasteiger charge is -2.10. The Morgan fingerprint density at radius 1 is 1.29 bits per heavy atom. The summed E-state index contributed by atoms with van der Waals surface area (Å²) in [5, 5.41) is 2.75. The monoisotopic (exact) mass is 316 g/mol. The molecule has 1 aromatic rings. The van der Waals surface area contributed by atoms with Crippen molar-refractivity contribution in [3.05, 3.63) is 29.8 Å². The lowest BCUT2D eigenvalue weighted by atomic mass is 10.2. The minimum absolute atomic E-state index is 0. The minimum Gasteiger partial charge on any atom is -0.376 e. The van der Waals surface area contributed by atoms with E-state index in [0.717, 1.165) is 11.3 Å². The van der Waals surface area contributed by atoms with Crippen molar-refractivity contribution in [1.82, 2.24) is 0 Å². The van der Waals surface area contributed by atoms with Crippen molar-refractivity contribution in [2.75, 3.05) is 18.5 Å². The van der Waals surface area contributed by atoms with Gasteiger partial charge >= 0.3 is 0 Å². The van der Waals surface area contributed by atoms with Gasteiger partial charge in [0.2, 0.25) is 5.91 Å². The Balaban J connectivity index is 0.00000400. The summed E-state index contributed by atoms with van der Waals surface area (Å²) in [6.45, 7) is 7.25. The van der Waals surface area contributed by atoms with Crippen LogP contribution in [0.3, 0.4) is 0 Å². The third-order valence-electron chi connectivity index (χ3n) is 2.56. The van der Waals surface area contributed by atoms with E-state index in [4.69, 9.17) is 15.2 Å². The molecule has 21 heavy (non-hydrogen) atoms. The van der Waals surface area contributed by atoms with Gasteiger partial charge in [0.1, 0.15) is 0 Å². The first-order valence-corrected chi connectivity index (χ1v) is 6.83. The number of amides is 1. The van der Waals surface area contributed by atoms with E-state index in [9.17, 15) is 4.79 Å². The Labute approximate surface area is 132 Å². The second-order valence-corrected chi connectivity index (χ2v) is 4.95. The summed E-state index contributed by atoms with van der Waals surface area (Å²) in [5.74, 6) is -0.201. The summed E-state index contributed by atoms with van der Waals surface area (Å²) in [7, 11) is 0. The van der Waals surface area contributed by atoms with Crippen LogP contribution in [0.25, 0.3) is 0 Å². The number of nitrogens with one attached hydrogen (secondary N) is 1. The molecule has 0 saturated heterocycles. The molecular weight excluding hydrogens is 292 g/mol. The highest BCUT2D eigenvalue weighted by Gasteiger charge is 2.07. The van der Waals surface area contributed by atoms with E-state index in [1.165, 1.54) is 0 Å². The Morgan fingerprint density at radius 2 is 2.00 bits per heavy atom. The van der Waals surface area contributed by atoms with Crippen molar-refractivity contribution in [2.45, 2.75) is 39.5 Å². The van der Waals surface area contributed by atoms with E-state index in [1.807, 2.05) is 38.1 Å². The molecule has 0 bridgehead atoms. The summed E-state index contributed by atoms with van der Waals surface area (Å²) >= 11 is 0. The highest BCUT2D eigenvalue weighted by molar-refractivity contribution is 5.94. The number of nitrogens with two attached hydrogens (primary N) is 1. The zero-order valence-electron chi connectivity index (χ0n) is 12.8. The number of anilines is 1. The van der Waals surface area contributed by atoms with E-state index in [0.29, 0.717) is 19.8 Å². The van der Waals surface area contributed by atoms with Gasteiger partial charge in [-0.25, -0.2) is 0 Å². The van der Waals surface area contributed by atoms with Gasteiger partial charge in [-0.15, -0.1) is 12.4 Å². The van der Waals surface area contributed by atoms with Crippen LogP contribution in [0.1, 0.15) is 26.3 Å². The van der Waals surface area contributed by atoms with Gasteiger partial charge < -0.3 is 20.5 Å². The number of rotatable bonds is 8. The number of ether oxygens (including phenoxy) is 2. The molecule has 0 fully saturated rings. The summed E-state index contributed by atoms with van der Waals surface area (Å²) < 4.78 is 10.9. The van der Waals surface area contributed by atoms with Crippen molar-refractivity contribution < 1.29 is 14.3 Å². The van der Waals surface area contributed by atoms with Gasteiger partial charge in [-0.05, 0) is 38.5 Å². The maximum absolute atomic E-state index is 11.5. The first-order chi connectivity index (χ1) is 9.49. The van der Waals surface area contributed by atoms with E-state index in [-0.39, 0.29) is 24.4 Å². The molecule has 1 rings (SSSR count). The first-order valence-electron chi connectivity index (χ1n) is 6.83. The summed E-state index contributed by atoms with van der Waals surface area (Å²) in [5.41, 5.74) is 7.23. The van der Waals surface area contributed by atoms with Crippen LogP contribution in [-0.4, -0.2) is 31.3 Å². The minimum atomic E-state index is -0.525. The number of hydrogen-bond donors (Lipinski definition) is 2. The molecule has 0 saturated carbocycles. The van der Waals surface area contributed by atoms with Crippen LogP contribution >= 0.6 is 12.4 Å². The standard InChI is InChI=1S/C15H24N2O3.ClH/c1-11(2)20-8-7-19-10-13-5-4-6-14(9-13)17-15(18)12(3)16;/h4-6,9,11-12H,7-8,10,16H2,1-3H3,(H,17,18);1H/t12-;/m0./s1. The quantitative estimate of drug-likeness (QED) is 0.722. The largest absolute Gasteiger partial charge is 0.376 e. The van der Waals surface area contributed by atoms with Crippen molar-refractivity contribution in [1.29, 1.82) is 0 Å². The predicted octanol–water partition coefficient (Wildman–Crippen LogP) is 2.34. The van der Waals surface area contributed by atoms with Crippen molar-refractivity contribution in [2.24, 2.45) is 5.73 Å². The molecule has 6 heteroatoms. The van der Waals surface area contributed by atoms with Crippen LogP contribution in [-0.2, 0) is 20.9 Å². The zero-order chi connectivity index (χ0) is 15.0. The molecule has 0 aliphatic rings. The van der Waals surface area contributed by atoms with Crippen LogP contribution in [0.2, 0.25) is 0 Å². The van der Waals surface area contributed by atoms with Gasteiger partial charge in [-0.1, -0.05) is 12.1 Å². The van der Waals surface area contributed by atoms with Gasteiger partial charge in [0.05, 0.1) is 32.0 Å². The van der Waals surface area contributed by atoms with Gasteiger partial charge in [-0.3, -0.25) is 4.79 Å². The average molecular weight is 317 g/mol. The van der Waals surface area contributed by atoms with Crippen molar-refractivity contribution >= 4 is 24.0 Å². The zero-order valence-corrected chi connectivity index (χ0v) is 13.6. The predicted molar refractivity (Wildman–Crippen MR) is 86.7 cm³/mol. The fraction of sp³-hybridized carbons (Fsp3) is 0.533. The third-order valence-corrected chi connectivity index (χ3v) is 2.56. The topological polar surface area (TPSA) is 73.6 Å². The Morgan fingerprint density at radius 3 is 2.62 bits per heavy atom. The second kappa shape index (κ2) is 10.6. The molecule has 0 aliphatic carbocycles. The maximum atomic E-state index is 11.5. The number of halogens is 1. The molecule has 0 radical (unpaired) electrons. The van der Waals surface area contributed by atoms with Gasteiger partial charge in [0.15, 0.2) is 0 Å². The molecule has 5 nitrogen and oxygen atoms in total. The Bertz CT molecular complexity index is 425. The molecular formula is C15H25ClN2O3. The fourth-order valence-corrected chi connectivity index (χ4v) is 1.53. The highest BCUT2D eigenvalue weighted by atomic mass is 35.5. The lowest BCUT2D eigenvalue weighted by Crippen LogP contribution is -2.32. The summed E-state index contributed by atoms with van der Waals surface area (Å²) in [4.78, 5) is 11.5. The van der Waals surface area contributed by atoms with Crippen molar-refractivity contribution in [3.63, 3.8) is 0 Å². The Kier molecular flexibility index (Phi) is 9.99. The highest BCUT2D eigenvalue weighted by Crippen LogP contribution is 2.11. The van der Waals surface area contributed by atoms with Gasteiger partial charge in [0.25, 0.3) is 0 Å².